The Morgan fingerprint density at radius 1 is 0.622 bits per heavy atom. The van der Waals surface area contributed by atoms with Crippen molar-refractivity contribution in [1.82, 2.24) is 21.5 Å². The van der Waals surface area contributed by atoms with Crippen molar-refractivity contribution >= 4 is 23.7 Å². The summed E-state index contributed by atoms with van der Waals surface area (Å²) in [6, 6.07) is 30.0. The topological polar surface area (TPSA) is 175 Å². The summed E-state index contributed by atoms with van der Waals surface area (Å²) in [6.45, 7) is 3.82. The van der Waals surface area contributed by atoms with Crippen molar-refractivity contribution in [3.63, 3.8) is 0 Å². The first-order chi connectivity index (χ1) is 21.8. The fourth-order valence-electron chi connectivity index (χ4n) is 4.15. The van der Waals surface area contributed by atoms with Crippen molar-refractivity contribution in [2.75, 3.05) is 0 Å². The molecular weight excluding hydrogens is 576 g/mol. The van der Waals surface area contributed by atoms with Gasteiger partial charge in [0.25, 0.3) is 11.8 Å². The van der Waals surface area contributed by atoms with E-state index in [2.05, 4.69) is 21.5 Å². The molecule has 3 aromatic carbocycles. The summed E-state index contributed by atoms with van der Waals surface area (Å²) < 4.78 is 23.2. The second kappa shape index (κ2) is 13.8. The number of para-hydroxylation sites is 3. The van der Waals surface area contributed by atoms with Crippen molar-refractivity contribution in [3.8, 4) is 39.9 Å². The van der Waals surface area contributed by atoms with Gasteiger partial charge < -0.3 is 18.3 Å². The third-order valence-corrected chi connectivity index (χ3v) is 6.09. The molecule has 12 nitrogen and oxygen atoms in total. The first-order valence-electron chi connectivity index (χ1n) is 13.9. The van der Waals surface area contributed by atoms with E-state index in [4.69, 9.17) is 29.1 Å². The molecule has 12 heteroatoms. The zero-order valence-corrected chi connectivity index (χ0v) is 24.3. The van der Waals surface area contributed by atoms with E-state index in [0.717, 1.165) is 0 Å². The molecule has 0 unspecified atom stereocenters. The van der Waals surface area contributed by atoms with Gasteiger partial charge in [-0.25, -0.2) is 0 Å². The number of benzene rings is 3. The Kier molecular flexibility index (Phi) is 9.24. The van der Waals surface area contributed by atoms with E-state index in [1.54, 1.807) is 24.3 Å². The summed E-state index contributed by atoms with van der Waals surface area (Å²) in [6.07, 6.45) is -0.0502. The highest BCUT2D eigenvalue weighted by Crippen LogP contribution is 2.34. The van der Waals surface area contributed by atoms with Gasteiger partial charge in [-0.15, -0.1) is 0 Å². The molecule has 45 heavy (non-hydrogen) atoms. The van der Waals surface area contributed by atoms with Crippen LogP contribution in [0.4, 0.5) is 0 Å². The zero-order chi connectivity index (χ0) is 31.8. The maximum absolute atomic E-state index is 12.7. The molecule has 0 fully saturated rings. The molecule has 5 aromatic rings. The first-order valence-corrected chi connectivity index (χ1v) is 13.9. The predicted octanol–water partition coefficient (Wildman–Crippen LogP) is 5.91. The lowest BCUT2D eigenvalue weighted by Crippen LogP contribution is -2.53. The molecule has 2 heterocycles. The van der Waals surface area contributed by atoms with Gasteiger partial charge in [-0.3, -0.25) is 41.9 Å². The maximum atomic E-state index is 12.7. The van der Waals surface area contributed by atoms with E-state index < -0.39 is 23.7 Å². The van der Waals surface area contributed by atoms with E-state index >= 15 is 0 Å². The Morgan fingerprint density at radius 2 is 1.09 bits per heavy atom. The average Bonchev–Trinajstić information content (AvgIpc) is 3.72. The Bertz CT molecular complexity index is 1830. The molecule has 0 atom stereocenters. The van der Waals surface area contributed by atoms with Crippen LogP contribution in [0.5, 0.6) is 17.2 Å². The molecule has 0 aliphatic carbocycles. The molecule has 0 saturated heterocycles. The van der Waals surface area contributed by atoms with Crippen LogP contribution in [-0.2, 0) is 0 Å². The molecule has 6 N–H and O–H groups in total. The van der Waals surface area contributed by atoms with Gasteiger partial charge in [-0.1, -0.05) is 42.5 Å². The van der Waals surface area contributed by atoms with Crippen LogP contribution in [0.2, 0.25) is 0 Å². The van der Waals surface area contributed by atoms with Crippen LogP contribution in [0.3, 0.4) is 0 Å². The third-order valence-electron chi connectivity index (χ3n) is 6.09. The lowest BCUT2D eigenvalue weighted by molar-refractivity contribution is 0.0939. The molecule has 0 spiro atoms. The van der Waals surface area contributed by atoms with Crippen LogP contribution >= 0.6 is 0 Å². The molecule has 228 valence electrons. The van der Waals surface area contributed by atoms with Gasteiger partial charge in [0, 0.05) is 0 Å². The number of furan rings is 2. The summed E-state index contributed by atoms with van der Waals surface area (Å²) in [5.74, 6) is 0.142. The van der Waals surface area contributed by atoms with Crippen molar-refractivity contribution in [3.05, 3.63) is 115 Å². The second-order valence-corrected chi connectivity index (χ2v) is 9.81. The van der Waals surface area contributed by atoms with Crippen LogP contribution < -0.4 is 31.0 Å². The maximum Gasteiger partial charge on any atom is 0.293 e. The van der Waals surface area contributed by atoms with Crippen LogP contribution in [0.1, 0.15) is 35.0 Å². The molecular formula is C33H30N6O6. The van der Waals surface area contributed by atoms with Gasteiger partial charge in [-0.2, -0.15) is 0 Å². The quantitative estimate of drug-likeness (QED) is 0.0718. The minimum Gasteiger partial charge on any atom is -0.490 e. The lowest BCUT2D eigenvalue weighted by Gasteiger charge is -2.13. The standard InChI is InChI=1S/C33H30N6O6/c1-20(2)42-24-14-8-6-12-22(24)26-16-18-28(44-26)30(40)36-32(34)38-39-33(35)37-31(41)29-19-17-27(45-29)23-13-7-9-15-25(23)43-21-10-4-3-5-11-21/h3-20H,1-2H3,(H3,34,36,38,40)(H3,35,37,39,41). The van der Waals surface area contributed by atoms with Gasteiger partial charge in [0.2, 0.25) is 11.9 Å². The van der Waals surface area contributed by atoms with Crippen LogP contribution in [-0.4, -0.2) is 29.8 Å². The molecule has 2 aromatic heterocycles. The number of guanidine groups is 2. The number of hydrogen-bond acceptors (Lipinski definition) is 8. The fraction of sp³-hybridized carbons (Fsp3) is 0.0909. The Morgan fingerprint density at radius 3 is 1.62 bits per heavy atom. The van der Waals surface area contributed by atoms with Crippen LogP contribution in [0.25, 0.3) is 22.6 Å². The summed E-state index contributed by atoms with van der Waals surface area (Å²) in [5.41, 5.74) is 5.96. The summed E-state index contributed by atoms with van der Waals surface area (Å²) in [7, 11) is 0. The van der Waals surface area contributed by atoms with Crippen molar-refractivity contribution in [1.29, 1.82) is 10.8 Å². The molecule has 0 saturated carbocycles. The minimum absolute atomic E-state index is 0.0383. The minimum atomic E-state index is -0.706. The Labute approximate surface area is 258 Å². The smallest absolute Gasteiger partial charge is 0.293 e. The van der Waals surface area contributed by atoms with Crippen molar-refractivity contribution < 1.29 is 27.9 Å². The summed E-state index contributed by atoms with van der Waals surface area (Å²) >= 11 is 0. The average molecular weight is 607 g/mol. The number of carbonyl (C=O) groups is 2. The van der Waals surface area contributed by atoms with Gasteiger partial charge >= 0.3 is 0 Å². The van der Waals surface area contributed by atoms with Gasteiger partial charge in [0.05, 0.1) is 17.2 Å². The summed E-state index contributed by atoms with van der Waals surface area (Å²) in [4.78, 5) is 25.3. The zero-order valence-electron chi connectivity index (χ0n) is 24.3. The third kappa shape index (κ3) is 7.76. The number of ether oxygens (including phenoxy) is 2. The monoisotopic (exact) mass is 606 g/mol. The second-order valence-electron chi connectivity index (χ2n) is 9.81. The van der Waals surface area contributed by atoms with Gasteiger partial charge in [-0.05, 0) is 74.5 Å². The van der Waals surface area contributed by atoms with Crippen molar-refractivity contribution in [2.24, 2.45) is 0 Å². The largest absolute Gasteiger partial charge is 0.490 e. The van der Waals surface area contributed by atoms with E-state index in [1.165, 1.54) is 12.1 Å². The number of hydrazine groups is 1. The van der Waals surface area contributed by atoms with Crippen LogP contribution in [0.15, 0.2) is 112 Å². The Balaban J connectivity index is 1.12. The van der Waals surface area contributed by atoms with E-state index in [9.17, 15) is 9.59 Å². The Hall–Kier alpha value is -6.30. The fourth-order valence-corrected chi connectivity index (χ4v) is 4.15. The lowest BCUT2D eigenvalue weighted by atomic mass is 10.1. The van der Waals surface area contributed by atoms with E-state index in [0.29, 0.717) is 39.9 Å². The molecule has 0 aliphatic heterocycles. The SMILES string of the molecule is CC(C)Oc1ccccc1-c1ccc(C(=O)NC(=N)NNC(=N)NC(=O)c2ccc(-c3ccccc3Oc3ccccc3)o2)o1. The molecule has 0 bridgehead atoms. The van der Waals surface area contributed by atoms with Crippen LogP contribution in [0, 0.1) is 10.8 Å². The molecule has 5 rings (SSSR count). The summed E-state index contributed by atoms with van der Waals surface area (Å²) in [5, 5.41) is 20.6. The molecule has 2 amide bonds. The number of hydrogen-bond donors (Lipinski definition) is 6. The molecule has 0 aliphatic rings. The first kappa shape index (κ1) is 30.2. The number of nitrogens with one attached hydrogen (secondary N) is 6. The number of carbonyl (C=O) groups excluding carboxylic acids is 2. The van der Waals surface area contributed by atoms with Gasteiger partial charge in [0.15, 0.2) is 11.5 Å². The normalized spacial score (nSPS) is 10.6. The predicted molar refractivity (Wildman–Crippen MR) is 167 cm³/mol. The highest BCUT2D eigenvalue weighted by molar-refractivity contribution is 6.06. The highest BCUT2D eigenvalue weighted by Gasteiger charge is 2.18. The number of rotatable bonds is 8. The highest BCUT2D eigenvalue weighted by atomic mass is 16.5. The van der Waals surface area contributed by atoms with E-state index in [-0.39, 0.29) is 17.6 Å². The van der Waals surface area contributed by atoms with Crippen molar-refractivity contribution in [2.45, 2.75) is 20.0 Å². The van der Waals surface area contributed by atoms with Gasteiger partial charge in [0.1, 0.15) is 28.8 Å². The molecule has 0 radical (unpaired) electrons. The number of amides is 2. The van der Waals surface area contributed by atoms with E-state index in [1.807, 2.05) is 80.6 Å².